The van der Waals surface area contributed by atoms with Crippen LogP contribution in [0.3, 0.4) is 0 Å². The monoisotopic (exact) mass is 689 g/mol. The second-order valence-corrected chi connectivity index (χ2v) is 13.5. The van der Waals surface area contributed by atoms with Crippen LogP contribution in [0.5, 0.6) is 0 Å². The second kappa shape index (κ2) is 16.2. The summed E-state index contributed by atoms with van der Waals surface area (Å²) in [7, 11) is 1.56. The zero-order chi connectivity index (χ0) is 35.4. The van der Waals surface area contributed by atoms with Gasteiger partial charge in [-0.05, 0) is 45.9 Å². The van der Waals surface area contributed by atoms with Gasteiger partial charge in [0, 0.05) is 31.5 Å². The molecule has 2 aliphatic heterocycles. The number of hydrogen-bond donors (Lipinski definition) is 14. The number of aliphatic hydroxyl groups excluding tert-OH is 3. The molecule has 0 bridgehead atoms. The number of carbonyl (C=O) groups excluding carboxylic acids is 1. The molecule has 19 heteroatoms. The van der Waals surface area contributed by atoms with E-state index >= 15 is 0 Å². The van der Waals surface area contributed by atoms with Crippen molar-refractivity contribution in [2.45, 2.75) is 124 Å². The average molecular weight is 690 g/mol. The lowest BCUT2D eigenvalue weighted by Crippen LogP contribution is -2.71. The van der Waals surface area contributed by atoms with E-state index in [2.05, 4.69) is 21.3 Å². The summed E-state index contributed by atoms with van der Waals surface area (Å²) in [6, 6.07) is -3.56. The fourth-order valence-corrected chi connectivity index (χ4v) is 6.84. The smallest absolute Gasteiger partial charge is 0.252 e. The van der Waals surface area contributed by atoms with Gasteiger partial charge in [0.1, 0.15) is 41.4 Å². The molecule has 1 amide bonds. The highest BCUT2D eigenvalue weighted by atomic mass is 16.7. The van der Waals surface area contributed by atoms with Crippen LogP contribution in [-0.2, 0) is 23.7 Å². The molecule has 12 atom stereocenters. The Labute approximate surface area is 279 Å². The minimum absolute atomic E-state index is 0.00917. The molecule has 2 saturated carbocycles. The van der Waals surface area contributed by atoms with Gasteiger partial charge in [0.25, 0.3) is 5.91 Å². The molecule has 2 unspecified atom stereocenters. The van der Waals surface area contributed by atoms with Gasteiger partial charge < -0.3 is 88.7 Å². The van der Waals surface area contributed by atoms with E-state index in [0.29, 0.717) is 25.1 Å². The first kappa shape index (κ1) is 38.6. The largest absolute Gasteiger partial charge is 0.467 e. The Morgan fingerprint density at radius 1 is 1.12 bits per heavy atom. The Morgan fingerprint density at radius 3 is 2.44 bits per heavy atom. The van der Waals surface area contributed by atoms with E-state index in [-0.39, 0.29) is 51.0 Å². The lowest BCUT2D eigenvalue weighted by atomic mass is 9.74. The van der Waals surface area contributed by atoms with Crippen molar-refractivity contribution < 1.29 is 49.3 Å². The topological polar surface area (TPSA) is 331 Å². The van der Waals surface area contributed by atoms with Gasteiger partial charge in [-0.2, -0.15) is 0 Å². The van der Waals surface area contributed by atoms with Gasteiger partial charge in [-0.15, -0.1) is 0 Å². The third kappa shape index (κ3) is 8.91. The molecule has 0 spiro atoms. The molecular weight excluding hydrogens is 634 g/mol. The number of nitrogens with one attached hydrogen (secondary N) is 5. The summed E-state index contributed by atoms with van der Waals surface area (Å²) in [5.74, 6) is -0.558. The molecule has 3 fully saturated rings. The van der Waals surface area contributed by atoms with Crippen LogP contribution in [0.1, 0.15) is 39.0 Å². The summed E-state index contributed by atoms with van der Waals surface area (Å²) in [5, 5.41) is 73.7. The van der Waals surface area contributed by atoms with Crippen molar-refractivity contribution in [2.24, 2.45) is 22.9 Å². The summed E-state index contributed by atoms with van der Waals surface area (Å²) in [6.07, 6.45) is -5.72. The highest BCUT2D eigenvalue weighted by Gasteiger charge is 2.54. The van der Waals surface area contributed by atoms with Crippen LogP contribution in [0.15, 0.2) is 11.8 Å². The van der Waals surface area contributed by atoms with E-state index < -0.39 is 84.4 Å². The predicted molar refractivity (Wildman–Crippen MR) is 171 cm³/mol. The van der Waals surface area contributed by atoms with Crippen LogP contribution in [0.25, 0.3) is 0 Å². The molecule has 0 aromatic rings. The van der Waals surface area contributed by atoms with Gasteiger partial charge >= 0.3 is 0 Å². The maximum Gasteiger partial charge on any atom is 0.252 e. The van der Waals surface area contributed by atoms with Crippen LogP contribution < -0.4 is 44.2 Å². The number of nitrogens with two attached hydrogens (primary N) is 4. The molecule has 0 aromatic carbocycles. The van der Waals surface area contributed by atoms with Crippen molar-refractivity contribution in [3.05, 3.63) is 11.8 Å². The van der Waals surface area contributed by atoms with Crippen LogP contribution in [0.4, 0.5) is 0 Å². The van der Waals surface area contributed by atoms with Crippen LogP contribution in [0, 0.1) is 5.41 Å². The number of likely N-dealkylation sites (N-methyl/N-ethyl adjacent to an activating group) is 1. The van der Waals surface area contributed by atoms with Crippen molar-refractivity contribution in [1.82, 2.24) is 21.3 Å². The molecule has 4 aliphatic rings. The summed E-state index contributed by atoms with van der Waals surface area (Å²) in [4.78, 5) is 13.3. The van der Waals surface area contributed by atoms with Crippen molar-refractivity contribution >= 4 is 11.9 Å². The zero-order valence-corrected chi connectivity index (χ0v) is 27.5. The number of aliphatic hydroxyl groups is 5. The molecule has 2 heterocycles. The molecule has 48 heavy (non-hydrogen) atoms. The van der Waals surface area contributed by atoms with Crippen molar-refractivity contribution in [1.29, 1.82) is 5.41 Å². The number of ether oxygens (including phenoxy) is 4. The quantitative estimate of drug-likeness (QED) is 0.0596. The number of hydrogen-bond acceptors (Lipinski definition) is 16. The Bertz CT molecular complexity index is 1130. The lowest BCUT2D eigenvalue weighted by Gasteiger charge is -2.50. The molecule has 19 nitrogen and oxygen atoms in total. The summed E-state index contributed by atoms with van der Waals surface area (Å²) >= 11 is 0. The first-order valence-corrected chi connectivity index (χ1v) is 16.4. The standard InChI is InChI=1S/C29H55N9O10/c1-28(43)12-45-25(20(41)23(28)35-2)48-22-18(38-26(42)29(44)8-13(9-29)37-27(33)34)7-16(32)21(19(22)40)47-24-17(4-3-15(10-31)46-24)36-11-14(39)5-6-30/h3,13-14,16-25,35-36,39-41,43-44H,4-12,30-32H2,1-2H3,(H,38,42)(H4,33,34,37)/t13?,14?,16-,17+,18+,19-,20+,21?,22-,23+,24+,25+,28-,29?/m0/s1. The number of rotatable bonds is 14. The van der Waals surface area contributed by atoms with Crippen LogP contribution in [0.2, 0.25) is 0 Å². The van der Waals surface area contributed by atoms with E-state index in [4.69, 9.17) is 47.3 Å². The highest BCUT2D eigenvalue weighted by Crippen LogP contribution is 2.35. The first-order chi connectivity index (χ1) is 22.6. The van der Waals surface area contributed by atoms with Crippen LogP contribution in [-0.4, -0.2) is 155 Å². The molecule has 18 N–H and O–H groups in total. The first-order valence-electron chi connectivity index (χ1n) is 16.4. The fourth-order valence-electron chi connectivity index (χ4n) is 6.84. The maximum absolute atomic E-state index is 13.3. The minimum Gasteiger partial charge on any atom is -0.467 e. The van der Waals surface area contributed by atoms with E-state index in [1.807, 2.05) is 0 Å². The maximum atomic E-state index is 13.3. The van der Waals surface area contributed by atoms with Gasteiger partial charge in [-0.25, -0.2) is 0 Å². The lowest BCUT2D eigenvalue weighted by molar-refractivity contribution is -0.304. The van der Waals surface area contributed by atoms with E-state index in [0.717, 1.165) is 0 Å². The molecule has 2 aliphatic carbocycles. The van der Waals surface area contributed by atoms with Gasteiger partial charge in [-0.1, -0.05) is 0 Å². The average Bonchev–Trinajstić information content (AvgIpc) is 3.00. The van der Waals surface area contributed by atoms with Crippen molar-refractivity contribution in [3.8, 4) is 0 Å². The number of guanidine groups is 1. The number of carbonyl (C=O) groups is 1. The van der Waals surface area contributed by atoms with E-state index in [9.17, 15) is 30.3 Å². The second-order valence-electron chi connectivity index (χ2n) is 13.5. The summed E-state index contributed by atoms with van der Waals surface area (Å²) in [6.45, 7) is 1.89. The molecule has 0 aromatic heterocycles. The Kier molecular flexibility index (Phi) is 13.0. The predicted octanol–water partition coefficient (Wildman–Crippen LogP) is -5.98. The van der Waals surface area contributed by atoms with Gasteiger partial charge in [-0.3, -0.25) is 10.2 Å². The van der Waals surface area contributed by atoms with Crippen molar-refractivity contribution in [2.75, 3.05) is 33.3 Å². The summed E-state index contributed by atoms with van der Waals surface area (Å²) < 4.78 is 24.2. The molecule has 1 saturated heterocycles. The third-order valence-electron chi connectivity index (χ3n) is 9.52. The van der Waals surface area contributed by atoms with E-state index in [1.54, 1.807) is 13.1 Å². The molecular formula is C29H55N9O10. The normalized spacial score (nSPS) is 42.1. The molecule has 276 valence electrons. The molecule has 0 radical (unpaired) electrons. The fraction of sp³-hybridized carbons (Fsp3) is 0.862. The summed E-state index contributed by atoms with van der Waals surface area (Å²) in [5.41, 5.74) is 20.1. The zero-order valence-electron chi connectivity index (χ0n) is 27.5. The Hall–Kier alpha value is -2.24. The van der Waals surface area contributed by atoms with Crippen LogP contribution >= 0.6 is 0 Å². The SMILES string of the molecule is CN[C@@H]1[C@@H](O)[C@@H](O[C@H]2[C@H](NC(=O)C3(O)CC(NC(=N)N)C3)C[C@H](N)C(O[C@H]3OC(CN)=CC[C@H]3NCC(O)CCN)[C@@H]2O)OC[C@]1(C)O. The highest BCUT2D eigenvalue weighted by molar-refractivity contribution is 5.87. The number of amides is 1. The third-order valence-corrected chi connectivity index (χ3v) is 9.52. The van der Waals surface area contributed by atoms with Crippen molar-refractivity contribution in [3.63, 3.8) is 0 Å². The van der Waals surface area contributed by atoms with E-state index in [1.165, 1.54) is 6.92 Å². The van der Waals surface area contributed by atoms with Gasteiger partial charge in [0.15, 0.2) is 12.2 Å². The van der Waals surface area contributed by atoms with Gasteiger partial charge in [0.2, 0.25) is 6.29 Å². The van der Waals surface area contributed by atoms with Gasteiger partial charge in [0.05, 0.1) is 37.4 Å². The molecule has 4 rings (SSSR count). The minimum atomic E-state index is -1.77. The Morgan fingerprint density at radius 2 is 1.81 bits per heavy atom. The Balaban J connectivity index is 1.54.